The molecule has 1 aliphatic heterocycles. The minimum absolute atomic E-state index is 0.0118. The summed E-state index contributed by atoms with van der Waals surface area (Å²) in [4.78, 5) is 33.8. The van der Waals surface area contributed by atoms with Crippen molar-refractivity contribution in [2.24, 2.45) is 0 Å². The molecule has 1 fully saturated rings. The van der Waals surface area contributed by atoms with Crippen molar-refractivity contribution < 1.29 is 22.7 Å². The summed E-state index contributed by atoms with van der Waals surface area (Å²) in [5, 5.41) is -0.441. The molecule has 1 aromatic carbocycles. The smallest absolute Gasteiger partial charge is 0.417 e. The second-order valence-electron chi connectivity index (χ2n) is 8.30. The zero-order chi connectivity index (χ0) is 23.8. The Bertz CT molecular complexity index is 1230. The quantitative estimate of drug-likeness (QED) is 0.634. The number of aryl methyl sites for hydroxylation is 1. The first-order chi connectivity index (χ1) is 15.7. The van der Waals surface area contributed by atoms with Gasteiger partial charge in [-0.25, -0.2) is 0 Å². The molecule has 0 aliphatic carbocycles. The van der Waals surface area contributed by atoms with Crippen LogP contribution in [-0.2, 0) is 17.4 Å². The van der Waals surface area contributed by atoms with E-state index in [2.05, 4.69) is 9.97 Å². The first-order valence-electron chi connectivity index (χ1n) is 10.7. The minimum Gasteiger partial charge on any atom is -0.497 e. The van der Waals surface area contributed by atoms with E-state index in [1.807, 2.05) is 24.3 Å². The van der Waals surface area contributed by atoms with Crippen LogP contribution in [0.15, 0.2) is 41.2 Å². The number of aromatic nitrogens is 2. The van der Waals surface area contributed by atoms with Gasteiger partial charge in [-0.15, -0.1) is 0 Å². The van der Waals surface area contributed by atoms with Crippen molar-refractivity contribution >= 4 is 16.8 Å². The summed E-state index contributed by atoms with van der Waals surface area (Å²) in [6.45, 7) is 2.49. The molecule has 2 aromatic heterocycles. The Labute approximate surface area is 188 Å². The lowest BCUT2D eigenvalue weighted by atomic mass is 9.92. The Balaban J connectivity index is 1.48. The van der Waals surface area contributed by atoms with Crippen LogP contribution in [0.25, 0.3) is 10.9 Å². The first-order valence-corrected chi connectivity index (χ1v) is 10.7. The molecular formula is C24H24F3N3O3. The third-order valence-electron chi connectivity index (χ3n) is 6.06. The Morgan fingerprint density at radius 1 is 1.18 bits per heavy atom. The van der Waals surface area contributed by atoms with E-state index in [0.29, 0.717) is 31.6 Å². The van der Waals surface area contributed by atoms with Crippen LogP contribution in [0, 0.1) is 6.92 Å². The highest BCUT2D eigenvalue weighted by molar-refractivity contribution is 5.82. The van der Waals surface area contributed by atoms with Crippen molar-refractivity contribution in [2.45, 2.75) is 38.3 Å². The summed E-state index contributed by atoms with van der Waals surface area (Å²) >= 11 is 0. The maximum absolute atomic E-state index is 13.4. The van der Waals surface area contributed by atoms with Gasteiger partial charge in [0.25, 0.3) is 5.56 Å². The van der Waals surface area contributed by atoms with Gasteiger partial charge >= 0.3 is 6.18 Å². The summed E-state index contributed by atoms with van der Waals surface area (Å²) in [5.41, 5.74) is -0.0776. The van der Waals surface area contributed by atoms with Gasteiger partial charge in [-0.3, -0.25) is 14.6 Å². The number of halogens is 3. The number of rotatable bonds is 4. The number of H-pyrrole nitrogens is 1. The molecular weight excluding hydrogens is 435 g/mol. The van der Waals surface area contributed by atoms with E-state index in [0.717, 1.165) is 17.4 Å². The number of nitrogens with zero attached hydrogens (tertiary/aromatic N) is 2. The van der Waals surface area contributed by atoms with Crippen molar-refractivity contribution in [2.75, 3.05) is 20.2 Å². The molecule has 0 radical (unpaired) electrons. The van der Waals surface area contributed by atoms with E-state index in [-0.39, 0.29) is 29.5 Å². The molecule has 6 nitrogen and oxygen atoms in total. The van der Waals surface area contributed by atoms with Crippen LogP contribution in [0.4, 0.5) is 13.2 Å². The standard InChI is InChI=1S/C24H24F3N3O3/c1-14-11-18(24(25,26)27)22-20(28-14)13-19(29-23(22)32)16-7-9-30(10-8-16)21(31)12-15-3-5-17(33-2)6-4-15/h3-6,11,13,16H,7-10,12H2,1-2H3,(H,29,32). The molecule has 3 aromatic rings. The Hall–Kier alpha value is -3.36. The van der Waals surface area contributed by atoms with Crippen LogP contribution in [0.5, 0.6) is 5.75 Å². The number of fused-ring (bicyclic) bond motifs is 1. The number of benzene rings is 1. The van der Waals surface area contributed by atoms with E-state index in [1.54, 1.807) is 18.1 Å². The first kappa shape index (κ1) is 22.8. The molecule has 0 bridgehead atoms. The number of alkyl halides is 3. The average molecular weight is 459 g/mol. The van der Waals surface area contributed by atoms with Gasteiger partial charge in [0, 0.05) is 30.4 Å². The van der Waals surface area contributed by atoms with Crippen LogP contribution in [0.2, 0.25) is 0 Å². The van der Waals surface area contributed by atoms with Crippen molar-refractivity contribution in [3.8, 4) is 5.75 Å². The van der Waals surface area contributed by atoms with Gasteiger partial charge in [-0.2, -0.15) is 13.2 Å². The van der Waals surface area contributed by atoms with Crippen molar-refractivity contribution in [1.82, 2.24) is 14.9 Å². The number of aromatic amines is 1. The molecule has 0 spiro atoms. The summed E-state index contributed by atoms with van der Waals surface area (Å²) in [6.07, 6.45) is -3.15. The number of ether oxygens (including phenoxy) is 1. The topological polar surface area (TPSA) is 75.3 Å². The highest BCUT2D eigenvalue weighted by atomic mass is 19.4. The van der Waals surface area contributed by atoms with Crippen LogP contribution in [0.1, 0.15) is 41.3 Å². The van der Waals surface area contributed by atoms with E-state index in [4.69, 9.17) is 4.74 Å². The van der Waals surface area contributed by atoms with Gasteiger partial charge < -0.3 is 14.6 Å². The number of hydrogen-bond acceptors (Lipinski definition) is 4. The lowest BCUT2D eigenvalue weighted by Crippen LogP contribution is -2.39. The number of hydrogen-bond donors (Lipinski definition) is 1. The summed E-state index contributed by atoms with van der Waals surface area (Å²) in [5.74, 6) is 0.671. The molecule has 33 heavy (non-hydrogen) atoms. The average Bonchev–Trinajstić information content (AvgIpc) is 2.78. The largest absolute Gasteiger partial charge is 0.497 e. The highest BCUT2D eigenvalue weighted by Gasteiger charge is 2.35. The second kappa shape index (κ2) is 8.88. The molecule has 1 amide bonds. The van der Waals surface area contributed by atoms with Gasteiger partial charge in [0.1, 0.15) is 5.75 Å². The van der Waals surface area contributed by atoms with E-state index in [9.17, 15) is 22.8 Å². The number of carbonyl (C=O) groups excluding carboxylic acids is 1. The molecule has 0 atom stereocenters. The SMILES string of the molecule is COc1ccc(CC(=O)N2CCC(c3cc4nc(C)cc(C(F)(F)F)c4c(=O)[nH]3)CC2)cc1. The summed E-state index contributed by atoms with van der Waals surface area (Å²) in [6, 6.07) is 9.76. The lowest BCUT2D eigenvalue weighted by molar-refractivity contribution is -0.136. The maximum Gasteiger partial charge on any atom is 0.417 e. The van der Waals surface area contributed by atoms with Crippen LogP contribution < -0.4 is 10.3 Å². The van der Waals surface area contributed by atoms with Gasteiger partial charge in [-0.05, 0) is 49.6 Å². The summed E-state index contributed by atoms with van der Waals surface area (Å²) in [7, 11) is 1.58. The molecule has 1 saturated heterocycles. The Kier molecular flexibility index (Phi) is 6.14. The molecule has 3 heterocycles. The number of piperidine rings is 1. The number of likely N-dealkylation sites (tertiary alicyclic amines) is 1. The van der Waals surface area contributed by atoms with Gasteiger partial charge in [-0.1, -0.05) is 12.1 Å². The molecule has 1 aliphatic rings. The minimum atomic E-state index is -4.64. The number of pyridine rings is 2. The van der Waals surface area contributed by atoms with Crippen LogP contribution in [0.3, 0.4) is 0 Å². The van der Waals surface area contributed by atoms with Gasteiger partial charge in [0.2, 0.25) is 5.91 Å². The monoisotopic (exact) mass is 459 g/mol. The predicted octanol–water partition coefficient (Wildman–Crippen LogP) is 4.21. The van der Waals surface area contributed by atoms with Gasteiger partial charge in [0.15, 0.2) is 0 Å². The third-order valence-corrected chi connectivity index (χ3v) is 6.06. The zero-order valence-corrected chi connectivity index (χ0v) is 18.3. The number of amides is 1. The van der Waals surface area contributed by atoms with Crippen LogP contribution >= 0.6 is 0 Å². The molecule has 9 heteroatoms. The highest BCUT2D eigenvalue weighted by Crippen LogP contribution is 2.34. The van der Waals surface area contributed by atoms with Crippen LogP contribution in [-0.4, -0.2) is 41.0 Å². The fourth-order valence-corrected chi connectivity index (χ4v) is 4.33. The molecule has 4 rings (SSSR count). The molecule has 0 unspecified atom stereocenters. The normalized spacial score (nSPS) is 15.1. The number of carbonyl (C=O) groups is 1. The lowest BCUT2D eigenvalue weighted by Gasteiger charge is -2.32. The van der Waals surface area contributed by atoms with E-state index < -0.39 is 22.7 Å². The maximum atomic E-state index is 13.4. The number of nitrogens with one attached hydrogen (secondary N) is 1. The second-order valence-corrected chi connectivity index (χ2v) is 8.30. The predicted molar refractivity (Wildman–Crippen MR) is 117 cm³/mol. The fraction of sp³-hybridized carbons (Fsp3) is 0.375. The molecule has 174 valence electrons. The fourth-order valence-electron chi connectivity index (χ4n) is 4.33. The Morgan fingerprint density at radius 2 is 1.85 bits per heavy atom. The van der Waals surface area contributed by atoms with Crippen molar-refractivity contribution in [3.05, 3.63) is 69.3 Å². The zero-order valence-electron chi connectivity index (χ0n) is 18.3. The van der Waals surface area contributed by atoms with E-state index in [1.165, 1.54) is 6.92 Å². The van der Waals surface area contributed by atoms with E-state index >= 15 is 0 Å². The van der Waals surface area contributed by atoms with Crippen molar-refractivity contribution in [3.63, 3.8) is 0 Å². The number of methoxy groups -OCH3 is 1. The summed E-state index contributed by atoms with van der Waals surface area (Å²) < 4.78 is 45.4. The Morgan fingerprint density at radius 3 is 2.45 bits per heavy atom. The van der Waals surface area contributed by atoms with Gasteiger partial charge in [0.05, 0.1) is 30.0 Å². The molecule has 0 saturated carbocycles. The molecule has 1 N–H and O–H groups in total. The van der Waals surface area contributed by atoms with Crippen molar-refractivity contribution in [1.29, 1.82) is 0 Å². The third kappa shape index (κ3) is 4.86.